The summed E-state index contributed by atoms with van der Waals surface area (Å²) in [4.78, 5) is 14.1. The van der Waals surface area contributed by atoms with Crippen LogP contribution in [-0.4, -0.2) is 43.3 Å². The minimum Gasteiger partial charge on any atom is -0.446 e. The van der Waals surface area contributed by atoms with Gasteiger partial charge in [-0.3, -0.25) is 5.32 Å². The molecule has 110 valence electrons. The summed E-state index contributed by atoms with van der Waals surface area (Å²) in [6.07, 6.45) is 1.33. The monoisotopic (exact) mass is 341 g/mol. The number of hydrogen-bond acceptors (Lipinski definition) is 4. The minimum atomic E-state index is -0.394. The van der Waals surface area contributed by atoms with Gasteiger partial charge in [0.25, 0.3) is 0 Å². The highest BCUT2D eigenvalue weighted by atomic mass is 79.9. The topological polar surface area (TPSA) is 67.6 Å². The summed E-state index contributed by atoms with van der Waals surface area (Å²) in [7, 11) is 0. The molecule has 1 aromatic carbocycles. The first-order valence-electron chi connectivity index (χ1n) is 6.83. The number of ether oxygens (including phenoxy) is 1. The summed E-state index contributed by atoms with van der Waals surface area (Å²) in [5.41, 5.74) is 6.25. The van der Waals surface area contributed by atoms with E-state index in [2.05, 4.69) is 26.1 Å². The first-order valence-corrected chi connectivity index (χ1v) is 7.63. The summed E-state index contributed by atoms with van der Waals surface area (Å²) in [5, 5.41) is 2.75. The number of amides is 1. The zero-order valence-electron chi connectivity index (χ0n) is 11.3. The zero-order chi connectivity index (χ0) is 14.4. The number of piperidine rings is 1. The molecular weight excluding hydrogens is 322 g/mol. The van der Waals surface area contributed by atoms with Gasteiger partial charge >= 0.3 is 6.09 Å². The van der Waals surface area contributed by atoms with Crippen LogP contribution in [0.3, 0.4) is 0 Å². The summed E-state index contributed by atoms with van der Waals surface area (Å²) in [6, 6.07) is 7.47. The van der Waals surface area contributed by atoms with Crippen LogP contribution in [0.1, 0.15) is 12.8 Å². The van der Waals surface area contributed by atoms with E-state index in [-0.39, 0.29) is 6.10 Å². The number of anilines is 1. The Morgan fingerprint density at radius 1 is 1.40 bits per heavy atom. The number of hydrogen-bond donors (Lipinski definition) is 2. The third kappa shape index (κ3) is 4.47. The Hall–Kier alpha value is -1.11. The van der Waals surface area contributed by atoms with Gasteiger partial charge in [0, 0.05) is 30.7 Å². The van der Waals surface area contributed by atoms with E-state index in [1.54, 1.807) is 0 Å². The fourth-order valence-electron chi connectivity index (χ4n) is 2.29. The van der Waals surface area contributed by atoms with Crippen LogP contribution < -0.4 is 11.1 Å². The lowest BCUT2D eigenvalue weighted by atomic mass is 10.1. The molecule has 1 saturated heterocycles. The van der Waals surface area contributed by atoms with Gasteiger partial charge in [-0.1, -0.05) is 12.1 Å². The Bertz CT molecular complexity index is 448. The molecule has 2 rings (SSSR count). The highest BCUT2D eigenvalue weighted by Crippen LogP contribution is 2.22. The molecule has 1 aliphatic rings. The van der Waals surface area contributed by atoms with Crippen molar-refractivity contribution in [3.63, 3.8) is 0 Å². The average molecular weight is 342 g/mol. The minimum absolute atomic E-state index is 0.00786. The van der Waals surface area contributed by atoms with Gasteiger partial charge in [0.2, 0.25) is 0 Å². The van der Waals surface area contributed by atoms with Crippen molar-refractivity contribution in [2.45, 2.75) is 18.9 Å². The summed E-state index contributed by atoms with van der Waals surface area (Å²) in [6.45, 7) is 3.46. The van der Waals surface area contributed by atoms with Crippen LogP contribution in [0, 0.1) is 0 Å². The number of nitrogens with one attached hydrogen (secondary N) is 1. The summed E-state index contributed by atoms with van der Waals surface area (Å²) >= 11 is 3.39. The number of likely N-dealkylation sites (tertiary alicyclic amines) is 1. The van der Waals surface area contributed by atoms with Crippen molar-refractivity contribution in [3.8, 4) is 0 Å². The fourth-order valence-corrected chi connectivity index (χ4v) is 2.67. The van der Waals surface area contributed by atoms with Gasteiger partial charge in [0.05, 0.1) is 5.69 Å². The molecule has 5 nitrogen and oxygen atoms in total. The molecule has 0 saturated carbocycles. The predicted octanol–water partition coefficient (Wildman–Crippen LogP) is 2.42. The Morgan fingerprint density at radius 2 is 2.10 bits per heavy atom. The van der Waals surface area contributed by atoms with Crippen LogP contribution in [0.4, 0.5) is 10.5 Å². The first-order chi connectivity index (χ1) is 9.69. The van der Waals surface area contributed by atoms with Crippen LogP contribution in [0.5, 0.6) is 0 Å². The van der Waals surface area contributed by atoms with E-state index in [1.807, 2.05) is 24.3 Å². The van der Waals surface area contributed by atoms with E-state index in [1.165, 1.54) is 0 Å². The number of nitrogens with zero attached hydrogens (tertiary/aromatic N) is 1. The molecule has 0 unspecified atom stereocenters. The number of carbonyl (C=O) groups is 1. The lowest BCUT2D eigenvalue weighted by Gasteiger charge is -2.31. The third-order valence-electron chi connectivity index (χ3n) is 3.36. The molecule has 0 aliphatic carbocycles. The Kier molecular flexibility index (Phi) is 5.82. The third-order valence-corrected chi connectivity index (χ3v) is 4.06. The maximum Gasteiger partial charge on any atom is 0.411 e. The number of rotatable bonds is 4. The molecule has 6 heteroatoms. The van der Waals surface area contributed by atoms with Crippen molar-refractivity contribution in [1.29, 1.82) is 0 Å². The van der Waals surface area contributed by atoms with Gasteiger partial charge in [-0.15, -0.1) is 0 Å². The Morgan fingerprint density at radius 3 is 2.75 bits per heavy atom. The smallest absolute Gasteiger partial charge is 0.411 e. The van der Waals surface area contributed by atoms with E-state index >= 15 is 0 Å². The number of benzene rings is 1. The number of nitrogens with two attached hydrogens (primary N) is 1. The van der Waals surface area contributed by atoms with Crippen LogP contribution in [0.2, 0.25) is 0 Å². The maximum absolute atomic E-state index is 11.9. The van der Waals surface area contributed by atoms with Crippen molar-refractivity contribution in [2.24, 2.45) is 5.73 Å². The predicted molar refractivity (Wildman–Crippen MR) is 82.8 cm³/mol. The lowest BCUT2D eigenvalue weighted by Crippen LogP contribution is -2.40. The maximum atomic E-state index is 11.9. The molecule has 1 fully saturated rings. The van der Waals surface area contributed by atoms with Crippen molar-refractivity contribution in [3.05, 3.63) is 28.7 Å². The molecule has 0 bridgehead atoms. The van der Waals surface area contributed by atoms with Crippen LogP contribution >= 0.6 is 15.9 Å². The highest BCUT2D eigenvalue weighted by molar-refractivity contribution is 9.10. The molecule has 1 amide bonds. The largest absolute Gasteiger partial charge is 0.446 e. The van der Waals surface area contributed by atoms with Gasteiger partial charge in [0.15, 0.2) is 0 Å². The highest BCUT2D eigenvalue weighted by Gasteiger charge is 2.21. The molecule has 1 aromatic rings. The molecule has 0 aromatic heterocycles. The van der Waals surface area contributed by atoms with E-state index < -0.39 is 6.09 Å². The second-order valence-corrected chi connectivity index (χ2v) is 5.69. The lowest BCUT2D eigenvalue weighted by molar-refractivity contribution is 0.0599. The molecule has 1 heterocycles. The van der Waals surface area contributed by atoms with Crippen LogP contribution in [0.25, 0.3) is 0 Å². The second kappa shape index (κ2) is 7.61. The van der Waals surface area contributed by atoms with Gasteiger partial charge in [-0.05, 0) is 40.9 Å². The second-order valence-electron chi connectivity index (χ2n) is 4.84. The Labute approximate surface area is 127 Å². The standard InChI is InChI=1S/C14H20BrN3O2/c15-12-3-1-2-4-13(12)17-14(19)20-11-5-8-18(9-6-11)10-7-16/h1-4,11H,5-10,16H2,(H,17,19). The number of para-hydroxylation sites is 1. The number of halogens is 1. The normalized spacial score (nSPS) is 16.9. The van der Waals surface area contributed by atoms with Crippen molar-refractivity contribution in [1.82, 2.24) is 4.90 Å². The first kappa shape index (κ1) is 15.3. The molecule has 0 spiro atoms. The van der Waals surface area contributed by atoms with Crippen LogP contribution in [0.15, 0.2) is 28.7 Å². The van der Waals surface area contributed by atoms with Crippen LogP contribution in [-0.2, 0) is 4.74 Å². The summed E-state index contributed by atoms with van der Waals surface area (Å²) < 4.78 is 6.29. The SMILES string of the molecule is NCCN1CCC(OC(=O)Nc2ccccc2Br)CC1. The van der Waals surface area contributed by atoms with Gasteiger partial charge in [0.1, 0.15) is 6.10 Å². The molecule has 1 aliphatic heterocycles. The van der Waals surface area contributed by atoms with Crippen molar-refractivity contribution >= 4 is 27.7 Å². The van der Waals surface area contributed by atoms with E-state index in [4.69, 9.17) is 10.5 Å². The van der Waals surface area contributed by atoms with E-state index in [9.17, 15) is 4.79 Å². The summed E-state index contributed by atoms with van der Waals surface area (Å²) in [5.74, 6) is 0. The quantitative estimate of drug-likeness (QED) is 0.882. The fraction of sp³-hybridized carbons (Fsp3) is 0.500. The van der Waals surface area contributed by atoms with Crippen molar-refractivity contribution in [2.75, 3.05) is 31.5 Å². The van der Waals surface area contributed by atoms with Crippen molar-refractivity contribution < 1.29 is 9.53 Å². The Balaban J connectivity index is 1.77. The van der Waals surface area contributed by atoms with Gasteiger partial charge < -0.3 is 15.4 Å². The zero-order valence-corrected chi connectivity index (χ0v) is 12.9. The number of carbonyl (C=O) groups excluding carboxylic acids is 1. The molecule has 0 atom stereocenters. The molecule has 3 N–H and O–H groups in total. The van der Waals surface area contributed by atoms with E-state index in [0.29, 0.717) is 6.54 Å². The molecule has 0 radical (unpaired) electrons. The van der Waals surface area contributed by atoms with Gasteiger partial charge in [-0.2, -0.15) is 0 Å². The molecular formula is C14H20BrN3O2. The molecule has 20 heavy (non-hydrogen) atoms. The van der Waals surface area contributed by atoms with E-state index in [0.717, 1.165) is 42.6 Å². The van der Waals surface area contributed by atoms with Gasteiger partial charge in [-0.25, -0.2) is 4.79 Å². The average Bonchev–Trinajstić information content (AvgIpc) is 2.44.